The van der Waals surface area contributed by atoms with E-state index in [4.69, 9.17) is 22.3 Å². The summed E-state index contributed by atoms with van der Waals surface area (Å²) in [7, 11) is 0. The molecule has 0 aliphatic carbocycles. The highest BCUT2D eigenvalue weighted by Crippen LogP contribution is 1.93. The van der Waals surface area contributed by atoms with Crippen LogP contribution in [0.15, 0.2) is 24.3 Å². The zero-order valence-electron chi connectivity index (χ0n) is 9.93. The van der Waals surface area contributed by atoms with Crippen LogP contribution in [0.5, 0.6) is 0 Å². The van der Waals surface area contributed by atoms with Gasteiger partial charge in [0, 0.05) is 12.2 Å². The molecule has 18 heavy (non-hydrogen) atoms. The van der Waals surface area contributed by atoms with Crippen LogP contribution in [0.4, 0.5) is 0 Å². The Morgan fingerprint density at radius 1 is 0.889 bits per heavy atom. The van der Waals surface area contributed by atoms with Gasteiger partial charge in [-0.1, -0.05) is 11.8 Å². The number of rotatable bonds is 7. The predicted molar refractivity (Wildman–Crippen MR) is 67.1 cm³/mol. The molecule has 4 nitrogen and oxygen atoms in total. The highest BCUT2D eigenvalue weighted by molar-refractivity contribution is 5.82. The van der Waals surface area contributed by atoms with E-state index in [-0.39, 0.29) is 13.2 Å². The molecular formula is C14H14O4. The third kappa shape index (κ3) is 10.1. The molecule has 0 aromatic carbocycles. The highest BCUT2D eigenvalue weighted by Gasteiger charge is 1.98. The zero-order valence-corrected chi connectivity index (χ0v) is 9.93. The normalized spacial score (nSPS) is 9.89. The molecule has 0 aliphatic rings. The molecular weight excluding hydrogens is 232 g/mol. The lowest BCUT2D eigenvalue weighted by Gasteiger charge is -2.02. The van der Waals surface area contributed by atoms with E-state index >= 15 is 0 Å². The van der Waals surface area contributed by atoms with E-state index in [1.807, 2.05) is 0 Å². The smallest absolute Gasteiger partial charge is 0.331 e. The van der Waals surface area contributed by atoms with Crippen molar-refractivity contribution in [2.24, 2.45) is 0 Å². The quantitative estimate of drug-likeness (QED) is 0.293. The average molecular weight is 246 g/mol. The molecule has 0 aromatic heterocycles. The fourth-order valence-electron chi connectivity index (χ4n) is 0.878. The Morgan fingerprint density at radius 3 is 1.61 bits per heavy atom. The Morgan fingerprint density at radius 2 is 1.28 bits per heavy atom. The predicted octanol–water partition coefficient (Wildman–Crippen LogP) is 1.23. The summed E-state index contributed by atoms with van der Waals surface area (Å²) in [5, 5.41) is 0. The lowest BCUT2D eigenvalue weighted by molar-refractivity contribution is -0.140. The molecule has 0 unspecified atom stereocenters. The van der Waals surface area contributed by atoms with Gasteiger partial charge in [0.25, 0.3) is 0 Å². The van der Waals surface area contributed by atoms with Crippen molar-refractivity contribution in [1.29, 1.82) is 0 Å². The highest BCUT2D eigenvalue weighted by atomic mass is 16.5. The fourth-order valence-corrected chi connectivity index (χ4v) is 0.878. The van der Waals surface area contributed by atoms with Gasteiger partial charge in [-0.3, -0.25) is 0 Å². The van der Waals surface area contributed by atoms with Crippen molar-refractivity contribution in [3.8, 4) is 24.7 Å². The van der Waals surface area contributed by atoms with Gasteiger partial charge in [0.2, 0.25) is 0 Å². The number of ether oxygens (including phenoxy) is 2. The molecule has 0 saturated heterocycles. The van der Waals surface area contributed by atoms with Gasteiger partial charge in [-0.25, -0.2) is 9.59 Å². The summed E-state index contributed by atoms with van der Waals surface area (Å²) < 4.78 is 9.63. The summed E-state index contributed by atoms with van der Waals surface area (Å²) in [5.74, 6) is 3.39. The summed E-state index contributed by atoms with van der Waals surface area (Å²) in [5.41, 5.74) is 0. The first-order valence-electron chi connectivity index (χ1n) is 5.29. The number of unbranched alkanes of at least 4 members (excludes halogenated alkanes) is 1. The molecule has 0 amide bonds. The van der Waals surface area contributed by atoms with Crippen molar-refractivity contribution < 1.29 is 19.1 Å². The summed E-state index contributed by atoms with van der Waals surface area (Å²) in [6, 6.07) is 0. The molecule has 0 atom stereocenters. The van der Waals surface area contributed by atoms with Crippen LogP contribution in [-0.2, 0) is 19.1 Å². The lowest BCUT2D eigenvalue weighted by Crippen LogP contribution is -2.06. The Kier molecular flexibility index (Phi) is 9.53. The SMILES string of the molecule is C#C/C=C\C(=O)OCCCCOC(=O)/C=C\C#C. The average Bonchev–Trinajstić information content (AvgIpc) is 2.37. The van der Waals surface area contributed by atoms with Crippen molar-refractivity contribution in [3.05, 3.63) is 24.3 Å². The minimum atomic E-state index is -0.484. The summed E-state index contributed by atoms with van der Waals surface area (Å²) in [4.78, 5) is 21.9. The van der Waals surface area contributed by atoms with Crippen LogP contribution < -0.4 is 0 Å². The second-order valence-corrected chi connectivity index (χ2v) is 3.04. The molecule has 0 fully saturated rings. The Hall–Kier alpha value is -2.46. The van der Waals surface area contributed by atoms with E-state index in [1.54, 1.807) is 0 Å². The van der Waals surface area contributed by atoms with Gasteiger partial charge in [-0.15, -0.1) is 12.8 Å². The number of hydrogen-bond donors (Lipinski definition) is 0. The molecule has 4 heteroatoms. The zero-order chi connectivity index (χ0) is 13.6. The van der Waals surface area contributed by atoms with E-state index in [9.17, 15) is 9.59 Å². The van der Waals surface area contributed by atoms with Gasteiger partial charge in [0.05, 0.1) is 13.2 Å². The summed E-state index contributed by atoms with van der Waals surface area (Å²) in [6.45, 7) is 0.511. The Labute approximate surface area is 107 Å². The molecule has 0 saturated carbocycles. The Balaban J connectivity index is 3.48. The van der Waals surface area contributed by atoms with Crippen molar-refractivity contribution in [3.63, 3.8) is 0 Å². The maximum atomic E-state index is 10.9. The molecule has 0 aliphatic heterocycles. The van der Waals surface area contributed by atoms with Crippen molar-refractivity contribution in [2.45, 2.75) is 12.8 Å². The maximum Gasteiger partial charge on any atom is 0.331 e. The van der Waals surface area contributed by atoms with Crippen LogP contribution >= 0.6 is 0 Å². The van der Waals surface area contributed by atoms with Gasteiger partial charge < -0.3 is 9.47 Å². The topological polar surface area (TPSA) is 52.6 Å². The molecule has 0 spiro atoms. The third-order valence-electron chi connectivity index (χ3n) is 1.66. The van der Waals surface area contributed by atoms with E-state index in [0.717, 1.165) is 0 Å². The van der Waals surface area contributed by atoms with Gasteiger partial charge in [-0.2, -0.15) is 0 Å². The maximum absolute atomic E-state index is 10.9. The standard InChI is InChI=1S/C14H14O4/c1-3-5-9-13(15)17-11-7-8-12-18-14(16)10-6-4-2/h1-2,5-6,9-10H,7-8,11-12H2/b9-5-,10-6-. The van der Waals surface area contributed by atoms with Crippen LogP contribution in [0.3, 0.4) is 0 Å². The third-order valence-corrected chi connectivity index (χ3v) is 1.66. The minimum absolute atomic E-state index is 0.255. The second-order valence-electron chi connectivity index (χ2n) is 3.04. The number of terminal acetylenes is 2. The molecule has 0 rings (SSSR count). The number of allylic oxidation sites excluding steroid dienone is 2. The van der Waals surface area contributed by atoms with Crippen molar-refractivity contribution >= 4 is 11.9 Å². The summed E-state index contributed by atoms with van der Waals surface area (Å²) >= 11 is 0. The largest absolute Gasteiger partial charge is 0.463 e. The van der Waals surface area contributed by atoms with Crippen molar-refractivity contribution in [1.82, 2.24) is 0 Å². The van der Waals surface area contributed by atoms with Crippen LogP contribution in [0, 0.1) is 24.7 Å². The van der Waals surface area contributed by atoms with E-state index < -0.39 is 11.9 Å². The first-order valence-corrected chi connectivity index (χ1v) is 5.29. The van der Waals surface area contributed by atoms with Gasteiger partial charge in [0.15, 0.2) is 0 Å². The van der Waals surface area contributed by atoms with Crippen LogP contribution in [0.1, 0.15) is 12.8 Å². The molecule has 0 N–H and O–H groups in total. The molecule has 0 heterocycles. The minimum Gasteiger partial charge on any atom is -0.463 e. The van der Waals surface area contributed by atoms with E-state index in [1.165, 1.54) is 24.3 Å². The second kappa shape index (κ2) is 11.0. The van der Waals surface area contributed by atoms with Gasteiger partial charge >= 0.3 is 11.9 Å². The van der Waals surface area contributed by atoms with Crippen LogP contribution in [-0.4, -0.2) is 25.2 Å². The van der Waals surface area contributed by atoms with Crippen molar-refractivity contribution in [2.75, 3.05) is 13.2 Å². The lowest BCUT2D eigenvalue weighted by atomic mass is 10.3. The molecule has 0 bridgehead atoms. The van der Waals surface area contributed by atoms with E-state index in [0.29, 0.717) is 12.8 Å². The van der Waals surface area contributed by atoms with Crippen LogP contribution in [0.25, 0.3) is 0 Å². The monoisotopic (exact) mass is 246 g/mol. The number of hydrogen-bond acceptors (Lipinski definition) is 4. The van der Waals surface area contributed by atoms with Crippen LogP contribution in [0.2, 0.25) is 0 Å². The van der Waals surface area contributed by atoms with Gasteiger partial charge in [0.1, 0.15) is 0 Å². The summed E-state index contributed by atoms with van der Waals surface area (Å²) in [6.07, 6.45) is 15.9. The van der Waals surface area contributed by atoms with E-state index in [2.05, 4.69) is 11.8 Å². The number of carbonyl (C=O) groups excluding carboxylic acids is 2. The fraction of sp³-hybridized carbons (Fsp3) is 0.286. The van der Waals surface area contributed by atoms with Gasteiger partial charge in [-0.05, 0) is 25.0 Å². The first kappa shape index (κ1) is 15.5. The Bertz CT molecular complexity index is 364. The number of esters is 2. The molecule has 94 valence electrons. The molecule has 0 aromatic rings. The first-order chi connectivity index (χ1) is 8.70. The molecule has 0 radical (unpaired) electrons. The number of carbonyl (C=O) groups is 2.